The zero-order valence-electron chi connectivity index (χ0n) is 9.30. The van der Waals surface area contributed by atoms with Crippen LogP contribution in [0.5, 0.6) is 0 Å². The van der Waals surface area contributed by atoms with E-state index in [0.29, 0.717) is 0 Å². The van der Waals surface area contributed by atoms with E-state index in [9.17, 15) is 14.2 Å². The van der Waals surface area contributed by atoms with Gasteiger partial charge in [0.2, 0.25) is 6.10 Å². The number of hydrogen-bond donors (Lipinski definition) is 0. The number of rotatable bonds is 7. The predicted molar refractivity (Wildman–Crippen MR) is 53.0 cm³/mol. The van der Waals surface area contributed by atoms with E-state index in [4.69, 9.17) is 4.52 Å². The Bertz CT molecular complexity index is 265. The molecule has 2 atom stereocenters. The lowest BCUT2D eigenvalue weighted by Gasteiger charge is -2.07. The molecule has 0 bridgehead atoms. The summed E-state index contributed by atoms with van der Waals surface area (Å²) < 4.78 is 29.3. The van der Waals surface area contributed by atoms with E-state index in [1.54, 1.807) is 0 Å². The molecule has 0 N–H and O–H groups in total. The maximum Gasteiger partial charge on any atom is 0.537 e. The lowest BCUT2D eigenvalue weighted by atomic mass is 10.2. The molecule has 0 aliphatic rings. The molecule has 0 rings (SSSR count). The summed E-state index contributed by atoms with van der Waals surface area (Å²) in [5.74, 6) is -1.44. The molecular formula is C8H14O7P+. The van der Waals surface area contributed by atoms with Gasteiger partial charge in [0.05, 0.1) is 20.6 Å². The predicted octanol–water partition coefficient (Wildman–Crippen LogP) is 0.454. The zero-order chi connectivity index (χ0) is 12.6. The van der Waals surface area contributed by atoms with Crippen LogP contribution >= 0.6 is 8.03 Å². The molecule has 0 aromatic carbocycles. The number of carbonyl (C=O) groups is 2. The highest BCUT2D eigenvalue weighted by Crippen LogP contribution is 2.26. The van der Waals surface area contributed by atoms with Crippen molar-refractivity contribution < 1.29 is 32.9 Å². The van der Waals surface area contributed by atoms with E-state index in [1.807, 2.05) is 0 Å². The Morgan fingerprint density at radius 3 is 2.25 bits per heavy atom. The van der Waals surface area contributed by atoms with Crippen LogP contribution in [0, 0.1) is 0 Å². The van der Waals surface area contributed by atoms with Gasteiger partial charge < -0.3 is 14.2 Å². The van der Waals surface area contributed by atoms with Gasteiger partial charge in [-0.1, -0.05) is 0 Å². The average molecular weight is 253 g/mol. The van der Waals surface area contributed by atoms with Crippen molar-refractivity contribution in [2.75, 3.05) is 27.7 Å². The fourth-order valence-electron chi connectivity index (χ4n) is 0.808. The topological polar surface area (TPSA) is 88.1 Å². The molecule has 0 aliphatic heterocycles. The molecule has 0 saturated carbocycles. The number of carbonyl (C=O) groups excluding carboxylic acids is 2. The Morgan fingerprint density at radius 2 is 1.81 bits per heavy atom. The molecule has 0 spiro atoms. The molecule has 0 aromatic rings. The second-order valence-electron chi connectivity index (χ2n) is 2.65. The van der Waals surface area contributed by atoms with Gasteiger partial charge in [-0.2, -0.15) is 0 Å². The van der Waals surface area contributed by atoms with Crippen LogP contribution in [0.25, 0.3) is 0 Å². The van der Waals surface area contributed by atoms with Crippen LogP contribution in [0.3, 0.4) is 0 Å². The SMILES string of the molecule is COC[P+](=O)OC(CC(=O)OC)C(=O)OC. The Labute approximate surface area is 93.9 Å². The van der Waals surface area contributed by atoms with Crippen molar-refractivity contribution in [1.82, 2.24) is 0 Å². The minimum Gasteiger partial charge on any atom is -0.469 e. The molecule has 0 heterocycles. The van der Waals surface area contributed by atoms with Gasteiger partial charge in [-0.15, -0.1) is 4.52 Å². The molecule has 0 aromatic heterocycles. The minimum absolute atomic E-state index is 0.163. The molecule has 7 nitrogen and oxygen atoms in total. The van der Waals surface area contributed by atoms with Crippen LogP contribution in [0.1, 0.15) is 6.42 Å². The summed E-state index contributed by atoms with van der Waals surface area (Å²) in [5, 5.41) is 0. The quantitative estimate of drug-likeness (QED) is 0.480. The van der Waals surface area contributed by atoms with Crippen LogP contribution < -0.4 is 0 Å². The first-order valence-corrected chi connectivity index (χ1v) is 5.66. The van der Waals surface area contributed by atoms with E-state index >= 15 is 0 Å². The highest BCUT2D eigenvalue weighted by molar-refractivity contribution is 7.38. The second-order valence-corrected chi connectivity index (χ2v) is 3.78. The van der Waals surface area contributed by atoms with Crippen LogP contribution in [-0.2, 0) is 32.9 Å². The summed E-state index contributed by atoms with van der Waals surface area (Å²) in [5.41, 5.74) is 0. The summed E-state index contributed by atoms with van der Waals surface area (Å²) in [4.78, 5) is 22.1. The smallest absolute Gasteiger partial charge is 0.469 e. The van der Waals surface area contributed by atoms with Gasteiger partial charge in [0.25, 0.3) is 6.35 Å². The molecular weight excluding hydrogens is 239 g/mol. The second kappa shape index (κ2) is 8.15. The lowest BCUT2D eigenvalue weighted by molar-refractivity contribution is -0.155. The first-order chi connectivity index (χ1) is 7.54. The first-order valence-electron chi connectivity index (χ1n) is 4.30. The van der Waals surface area contributed by atoms with E-state index in [2.05, 4.69) is 14.2 Å². The minimum atomic E-state index is -2.17. The van der Waals surface area contributed by atoms with Crippen molar-refractivity contribution in [2.24, 2.45) is 0 Å². The molecule has 0 saturated heterocycles. The standard InChI is InChI=1S/C8H14O7P/c1-12-5-16(11)15-6(8(10)14-3)4-7(9)13-2/h6H,4-5H2,1-3H3/q+1. The third-order valence-corrected chi connectivity index (χ3v) is 2.48. The van der Waals surface area contributed by atoms with Crippen LogP contribution in [-0.4, -0.2) is 45.7 Å². The molecule has 16 heavy (non-hydrogen) atoms. The summed E-state index contributed by atoms with van der Waals surface area (Å²) in [6.45, 7) is 0. The van der Waals surface area contributed by atoms with E-state index < -0.39 is 26.1 Å². The maximum absolute atomic E-state index is 11.2. The van der Waals surface area contributed by atoms with Gasteiger partial charge in [0.1, 0.15) is 0 Å². The summed E-state index contributed by atoms with van der Waals surface area (Å²) >= 11 is 0. The fourth-order valence-corrected chi connectivity index (χ4v) is 1.52. The van der Waals surface area contributed by atoms with Gasteiger partial charge in [-0.25, -0.2) is 4.79 Å². The molecule has 0 fully saturated rings. The van der Waals surface area contributed by atoms with E-state index in [0.717, 1.165) is 7.11 Å². The fraction of sp³-hybridized carbons (Fsp3) is 0.750. The Balaban J connectivity index is 4.37. The largest absolute Gasteiger partial charge is 0.537 e. The van der Waals surface area contributed by atoms with Crippen molar-refractivity contribution in [3.8, 4) is 0 Å². The number of methoxy groups -OCH3 is 3. The van der Waals surface area contributed by atoms with Gasteiger partial charge in [0.15, 0.2) is 0 Å². The normalized spacial score (nSPS) is 12.8. The number of ether oxygens (including phenoxy) is 3. The summed E-state index contributed by atoms with van der Waals surface area (Å²) in [7, 11) is 1.47. The molecule has 92 valence electrons. The van der Waals surface area contributed by atoms with Crippen LogP contribution in [0.2, 0.25) is 0 Å². The molecule has 0 radical (unpaired) electrons. The summed E-state index contributed by atoms with van der Waals surface area (Å²) in [6.07, 6.45) is -1.76. The van der Waals surface area contributed by atoms with Crippen molar-refractivity contribution >= 4 is 20.0 Å². The zero-order valence-corrected chi connectivity index (χ0v) is 10.2. The van der Waals surface area contributed by atoms with E-state index in [-0.39, 0.29) is 12.8 Å². The van der Waals surface area contributed by atoms with Gasteiger partial charge in [0, 0.05) is 7.11 Å². The van der Waals surface area contributed by atoms with Gasteiger partial charge in [-0.3, -0.25) is 4.79 Å². The molecule has 0 amide bonds. The van der Waals surface area contributed by atoms with Crippen molar-refractivity contribution in [3.05, 3.63) is 0 Å². The lowest BCUT2D eigenvalue weighted by Crippen LogP contribution is -2.27. The first kappa shape index (κ1) is 15.0. The average Bonchev–Trinajstić information content (AvgIpc) is 2.27. The highest BCUT2D eigenvalue weighted by Gasteiger charge is 2.33. The Hall–Kier alpha value is -1.04. The molecule has 8 heteroatoms. The van der Waals surface area contributed by atoms with Crippen molar-refractivity contribution in [3.63, 3.8) is 0 Å². The van der Waals surface area contributed by atoms with Gasteiger partial charge in [-0.05, 0) is 4.57 Å². The van der Waals surface area contributed by atoms with Crippen LogP contribution in [0.4, 0.5) is 0 Å². The Morgan fingerprint density at radius 1 is 1.19 bits per heavy atom. The van der Waals surface area contributed by atoms with Crippen molar-refractivity contribution in [2.45, 2.75) is 12.5 Å². The third-order valence-electron chi connectivity index (χ3n) is 1.52. The van der Waals surface area contributed by atoms with Crippen LogP contribution in [0.15, 0.2) is 0 Å². The third kappa shape index (κ3) is 5.75. The monoisotopic (exact) mass is 253 g/mol. The van der Waals surface area contributed by atoms with Gasteiger partial charge >= 0.3 is 20.0 Å². The summed E-state index contributed by atoms with van der Waals surface area (Å²) in [6, 6.07) is 0. The highest BCUT2D eigenvalue weighted by atomic mass is 31.1. The maximum atomic E-state index is 11.2. The molecule has 0 aliphatic carbocycles. The molecule has 2 unspecified atom stereocenters. The number of hydrogen-bond acceptors (Lipinski definition) is 7. The number of esters is 2. The van der Waals surface area contributed by atoms with Crippen molar-refractivity contribution in [1.29, 1.82) is 0 Å². The van der Waals surface area contributed by atoms with E-state index in [1.165, 1.54) is 14.2 Å². The Kier molecular flexibility index (Phi) is 7.62.